The molecule has 2 rings (SSSR count). The molecule has 116 valence electrons. The molecule has 0 aromatic rings. The maximum atomic E-state index is 13.2. The van der Waals surface area contributed by atoms with Crippen LogP contribution in [0.1, 0.15) is 71.6 Å². The van der Waals surface area contributed by atoms with Gasteiger partial charge in [-0.3, -0.25) is 4.79 Å². The Labute approximate surface area is 124 Å². The van der Waals surface area contributed by atoms with Crippen molar-refractivity contribution >= 4 is 5.91 Å². The lowest BCUT2D eigenvalue weighted by molar-refractivity contribution is -0.146. The van der Waals surface area contributed by atoms with Gasteiger partial charge in [0.05, 0.1) is 5.41 Å². The summed E-state index contributed by atoms with van der Waals surface area (Å²) in [6.07, 6.45) is 10.6. The summed E-state index contributed by atoms with van der Waals surface area (Å²) in [7, 11) is 0. The van der Waals surface area contributed by atoms with E-state index in [9.17, 15) is 4.79 Å². The molecule has 0 atom stereocenters. The van der Waals surface area contributed by atoms with Crippen molar-refractivity contribution in [1.29, 1.82) is 0 Å². The van der Waals surface area contributed by atoms with Crippen molar-refractivity contribution < 1.29 is 4.79 Å². The molecule has 0 aliphatic heterocycles. The molecule has 1 amide bonds. The minimum atomic E-state index is -0.240. The molecule has 0 bridgehead atoms. The van der Waals surface area contributed by atoms with Gasteiger partial charge in [-0.15, -0.1) is 0 Å². The van der Waals surface area contributed by atoms with Crippen LogP contribution in [0.3, 0.4) is 0 Å². The fourth-order valence-corrected chi connectivity index (χ4v) is 4.05. The van der Waals surface area contributed by atoms with Crippen LogP contribution in [0.25, 0.3) is 0 Å². The van der Waals surface area contributed by atoms with Gasteiger partial charge in [0.1, 0.15) is 0 Å². The lowest BCUT2D eigenvalue weighted by Gasteiger charge is -2.42. The van der Waals surface area contributed by atoms with Crippen LogP contribution in [0.5, 0.6) is 0 Å². The highest BCUT2D eigenvalue weighted by Gasteiger charge is 2.43. The van der Waals surface area contributed by atoms with E-state index in [4.69, 9.17) is 5.73 Å². The molecule has 2 fully saturated rings. The third-order valence-electron chi connectivity index (χ3n) is 5.24. The maximum absolute atomic E-state index is 13.2. The molecule has 0 spiro atoms. The van der Waals surface area contributed by atoms with E-state index in [0.717, 1.165) is 19.4 Å². The van der Waals surface area contributed by atoms with E-state index in [0.29, 0.717) is 24.4 Å². The predicted octanol–water partition coefficient (Wildman–Crippen LogP) is 3.32. The van der Waals surface area contributed by atoms with E-state index < -0.39 is 0 Å². The molecule has 3 heteroatoms. The fraction of sp³-hybridized carbons (Fsp3) is 0.941. The zero-order chi connectivity index (χ0) is 14.6. The molecule has 2 aliphatic carbocycles. The van der Waals surface area contributed by atoms with Crippen LogP contribution in [-0.4, -0.2) is 29.9 Å². The predicted molar refractivity (Wildman–Crippen MR) is 83.4 cm³/mol. The molecule has 0 radical (unpaired) electrons. The molecule has 2 aliphatic rings. The van der Waals surface area contributed by atoms with Gasteiger partial charge < -0.3 is 10.6 Å². The van der Waals surface area contributed by atoms with E-state index in [2.05, 4.69) is 18.7 Å². The number of amides is 1. The van der Waals surface area contributed by atoms with Crippen molar-refractivity contribution in [3.63, 3.8) is 0 Å². The van der Waals surface area contributed by atoms with Gasteiger partial charge in [-0.05, 0) is 31.6 Å². The van der Waals surface area contributed by atoms with Gasteiger partial charge in [-0.1, -0.05) is 46.0 Å². The smallest absolute Gasteiger partial charge is 0.230 e. The number of nitrogens with zero attached hydrogens (tertiary/aromatic N) is 1. The second-order valence-corrected chi connectivity index (χ2v) is 7.33. The van der Waals surface area contributed by atoms with Crippen LogP contribution < -0.4 is 5.73 Å². The molecule has 2 N–H and O–H groups in total. The Morgan fingerprint density at radius 1 is 1.15 bits per heavy atom. The van der Waals surface area contributed by atoms with Gasteiger partial charge in [0, 0.05) is 19.1 Å². The van der Waals surface area contributed by atoms with Crippen molar-refractivity contribution in [3.05, 3.63) is 0 Å². The summed E-state index contributed by atoms with van der Waals surface area (Å²) < 4.78 is 0. The van der Waals surface area contributed by atoms with Gasteiger partial charge >= 0.3 is 0 Å². The fourth-order valence-electron chi connectivity index (χ4n) is 4.05. The number of nitrogens with two attached hydrogens (primary N) is 1. The van der Waals surface area contributed by atoms with Gasteiger partial charge in [0.15, 0.2) is 0 Å². The first-order valence-corrected chi connectivity index (χ1v) is 8.60. The Morgan fingerprint density at radius 3 is 2.25 bits per heavy atom. The maximum Gasteiger partial charge on any atom is 0.230 e. The first-order chi connectivity index (χ1) is 9.59. The number of rotatable bonds is 5. The van der Waals surface area contributed by atoms with E-state index in [-0.39, 0.29) is 5.41 Å². The van der Waals surface area contributed by atoms with Crippen LogP contribution >= 0.6 is 0 Å². The largest absolute Gasteiger partial charge is 0.339 e. The van der Waals surface area contributed by atoms with Gasteiger partial charge in [-0.2, -0.15) is 0 Å². The number of hydrogen-bond donors (Lipinski definition) is 1. The standard InChI is InChI=1S/C17H32N2O/c1-14(2)12-19(15-8-4-5-9-15)16(20)17(13-18)10-6-3-7-11-17/h14-15H,3-13,18H2,1-2H3. The van der Waals surface area contributed by atoms with Crippen LogP contribution in [0, 0.1) is 11.3 Å². The normalized spacial score (nSPS) is 23.2. The summed E-state index contributed by atoms with van der Waals surface area (Å²) in [5, 5.41) is 0. The molecule has 20 heavy (non-hydrogen) atoms. The zero-order valence-electron chi connectivity index (χ0n) is 13.4. The molecule has 0 unspecified atom stereocenters. The zero-order valence-corrected chi connectivity index (χ0v) is 13.4. The Bertz CT molecular complexity index is 315. The highest BCUT2D eigenvalue weighted by atomic mass is 16.2. The monoisotopic (exact) mass is 280 g/mol. The SMILES string of the molecule is CC(C)CN(C(=O)C1(CN)CCCCC1)C1CCCC1. The Kier molecular flexibility index (Phi) is 5.48. The molecule has 0 aromatic carbocycles. The minimum Gasteiger partial charge on any atom is -0.339 e. The van der Waals surface area contributed by atoms with E-state index >= 15 is 0 Å². The van der Waals surface area contributed by atoms with Gasteiger partial charge in [-0.25, -0.2) is 0 Å². The Balaban J connectivity index is 2.14. The quantitative estimate of drug-likeness (QED) is 0.839. The first-order valence-electron chi connectivity index (χ1n) is 8.60. The summed E-state index contributed by atoms with van der Waals surface area (Å²) in [6.45, 7) is 5.87. The highest BCUT2D eigenvalue weighted by Crippen LogP contribution is 2.39. The van der Waals surface area contributed by atoms with Gasteiger partial charge in [0.25, 0.3) is 0 Å². The van der Waals surface area contributed by atoms with Gasteiger partial charge in [0.2, 0.25) is 5.91 Å². The summed E-state index contributed by atoms with van der Waals surface area (Å²) in [5.74, 6) is 0.915. The molecular formula is C17H32N2O. The summed E-state index contributed by atoms with van der Waals surface area (Å²) in [6, 6.07) is 0.482. The summed E-state index contributed by atoms with van der Waals surface area (Å²) in [4.78, 5) is 15.4. The van der Waals surface area contributed by atoms with Crippen LogP contribution in [0.4, 0.5) is 0 Å². The van der Waals surface area contributed by atoms with Crippen molar-refractivity contribution in [1.82, 2.24) is 4.90 Å². The van der Waals surface area contributed by atoms with E-state index in [1.54, 1.807) is 0 Å². The lowest BCUT2D eigenvalue weighted by Crippen LogP contribution is -2.53. The third kappa shape index (κ3) is 3.36. The summed E-state index contributed by atoms with van der Waals surface area (Å²) in [5.41, 5.74) is 5.82. The molecule has 0 saturated heterocycles. The van der Waals surface area contributed by atoms with Crippen molar-refractivity contribution in [2.75, 3.05) is 13.1 Å². The Morgan fingerprint density at radius 2 is 1.75 bits per heavy atom. The molecule has 0 heterocycles. The van der Waals surface area contributed by atoms with Crippen LogP contribution in [0.15, 0.2) is 0 Å². The average molecular weight is 280 g/mol. The topological polar surface area (TPSA) is 46.3 Å². The second kappa shape index (κ2) is 6.93. The third-order valence-corrected chi connectivity index (χ3v) is 5.24. The molecule has 3 nitrogen and oxygen atoms in total. The van der Waals surface area contributed by atoms with Crippen LogP contribution in [0.2, 0.25) is 0 Å². The summed E-state index contributed by atoms with van der Waals surface area (Å²) >= 11 is 0. The molecule has 2 saturated carbocycles. The van der Waals surface area contributed by atoms with Crippen molar-refractivity contribution in [2.45, 2.75) is 77.7 Å². The highest BCUT2D eigenvalue weighted by molar-refractivity contribution is 5.83. The minimum absolute atomic E-state index is 0.240. The lowest BCUT2D eigenvalue weighted by atomic mass is 9.72. The Hall–Kier alpha value is -0.570. The number of carbonyl (C=O) groups excluding carboxylic acids is 1. The molecule has 0 aromatic heterocycles. The van der Waals surface area contributed by atoms with E-state index in [1.165, 1.54) is 44.9 Å². The van der Waals surface area contributed by atoms with Crippen molar-refractivity contribution in [2.24, 2.45) is 17.1 Å². The van der Waals surface area contributed by atoms with Crippen molar-refractivity contribution in [3.8, 4) is 0 Å². The number of hydrogen-bond acceptors (Lipinski definition) is 2. The average Bonchev–Trinajstić information content (AvgIpc) is 2.98. The van der Waals surface area contributed by atoms with Crippen LogP contribution in [-0.2, 0) is 4.79 Å². The first kappa shape index (κ1) is 15.8. The second-order valence-electron chi connectivity index (χ2n) is 7.33. The number of carbonyl (C=O) groups is 1. The van der Waals surface area contributed by atoms with E-state index in [1.807, 2.05) is 0 Å². The molecular weight excluding hydrogens is 248 g/mol.